The predicted molar refractivity (Wildman–Crippen MR) is 90.8 cm³/mol. The number of carboxylic acid groups (broad SMARTS) is 1. The number of carbonyl (C=O) groups is 1. The molecule has 3 aromatic rings. The maximum absolute atomic E-state index is 10.8. The van der Waals surface area contributed by atoms with Gasteiger partial charge in [0.05, 0.1) is 0 Å². The van der Waals surface area contributed by atoms with Crippen molar-refractivity contribution in [3.63, 3.8) is 0 Å². The van der Waals surface area contributed by atoms with Crippen LogP contribution in [0.15, 0.2) is 36.7 Å². The molecule has 0 saturated heterocycles. The number of amides is 1. The molecule has 0 atom stereocenters. The lowest BCUT2D eigenvalue weighted by Gasteiger charge is -2.11. The number of nitrogens with zero attached hydrogens (tertiary/aromatic N) is 4. The normalized spacial score (nSPS) is 10.7. The fraction of sp³-hybridized carbons (Fsp3) is 0.250. The molecule has 0 unspecified atom stereocenters. The molecule has 24 heavy (non-hydrogen) atoms. The Morgan fingerprint density at radius 3 is 2.92 bits per heavy atom. The number of aryl methyl sites for hydroxylation is 1. The van der Waals surface area contributed by atoms with Gasteiger partial charge in [0.2, 0.25) is 11.6 Å². The van der Waals surface area contributed by atoms with Gasteiger partial charge in [0.25, 0.3) is 0 Å². The molecule has 0 aliphatic rings. The number of benzene rings is 1. The predicted octanol–water partition coefficient (Wildman–Crippen LogP) is 3.30. The van der Waals surface area contributed by atoms with E-state index in [4.69, 9.17) is 5.11 Å². The molecule has 2 heterocycles. The minimum atomic E-state index is -1.19. The van der Waals surface area contributed by atoms with Crippen LogP contribution < -0.4 is 10.6 Å². The van der Waals surface area contributed by atoms with E-state index in [1.165, 1.54) is 9.96 Å². The molecule has 3 rings (SSSR count). The number of nitrogens with one attached hydrogen (secondary N) is 2. The lowest BCUT2D eigenvalue weighted by molar-refractivity contribution is 0.209. The summed E-state index contributed by atoms with van der Waals surface area (Å²) in [5.41, 5.74) is 2.61. The third-order valence-electron chi connectivity index (χ3n) is 3.62. The van der Waals surface area contributed by atoms with E-state index in [-0.39, 0.29) is 5.95 Å². The molecule has 1 amide bonds. The minimum absolute atomic E-state index is 0.127. The van der Waals surface area contributed by atoms with Crippen molar-refractivity contribution >= 4 is 29.2 Å². The smallest absolute Gasteiger partial charge is 0.411 e. The van der Waals surface area contributed by atoms with Gasteiger partial charge in [0, 0.05) is 18.1 Å². The van der Waals surface area contributed by atoms with Crippen LogP contribution in [0.5, 0.6) is 0 Å². The number of aromatic nitrogens is 4. The zero-order valence-corrected chi connectivity index (χ0v) is 13.2. The monoisotopic (exact) mass is 326 g/mol. The lowest BCUT2D eigenvalue weighted by Crippen LogP contribution is -2.10. The van der Waals surface area contributed by atoms with Crippen LogP contribution in [0.1, 0.15) is 25.3 Å². The Kier molecular flexibility index (Phi) is 4.55. The van der Waals surface area contributed by atoms with E-state index in [0.29, 0.717) is 11.5 Å². The first kappa shape index (κ1) is 15.7. The quantitative estimate of drug-likeness (QED) is 0.642. The summed E-state index contributed by atoms with van der Waals surface area (Å²) in [5, 5.41) is 22.2. The molecule has 0 bridgehead atoms. The highest BCUT2D eigenvalue weighted by atomic mass is 16.4. The fourth-order valence-electron chi connectivity index (χ4n) is 2.45. The summed E-state index contributed by atoms with van der Waals surface area (Å²) in [7, 11) is 0. The largest absolute Gasteiger partial charge is 0.465 e. The molecular weight excluding hydrogens is 308 g/mol. The first-order chi connectivity index (χ1) is 11.7. The first-order valence-corrected chi connectivity index (χ1v) is 7.73. The van der Waals surface area contributed by atoms with Gasteiger partial charge >= 0.3 is 6.09 Å². The number of fused-ring (bicyclic) bond motifs is 1. The van der Waals surface area contributed by atoms with E-state index in [2.05, 4.69) is 38.8 Å². The fourth-order valence-corrected chi connectivity index (χ4v) is 2.45. The van der Waals surface area contributed by atoms with Crippen LogP contribution in [0.4, 0.5) is 22.2 Å². The first-order valence-electron chi connectivity index (χ1n) is 7.73. The standard InChI is InChI=1S/C16H18N6O2/c1-2-3-6-11-7-4-5-8-12(11)18-13-14-20-21-15(19-16(23)24)22(14)10-9-17-13/h4-5,7-10H,2-3,6H2,1H3,(H,17,18)(H,19,21)(H,23,24). The van der Waals surface area contributed by atoms with Gasteiger partial charge in [0.1, 0.15) is 0 Å². The summed E-state index contributed by atoms with van der Waals surface area (Å²) >= 11 is 0. The van der Waals surface area contributed by atoms with Crippen LogP contribution >= 0.6 is 0 Å². The van der Waals surface area contributed by atoms with E-state index in [0.717, 1.165) is 24.9 Å². The Bertz CT molecular complexity index is 861. The minimum Gasteiger partial charge on any atom is -0.465 e. The van der Waals surface area contributed by atoms with Crippen molar-refractivity contribution in [2.75, 3.05) is 10.6 Å². The topological polar surface area (TPSA) is 104 Å². The van der Waals surface area contributed by atoms with Gasteiger partial charge in [-0.3, -0.25) is 9.72 Å². The van der Waals surface area contributed by atoms with Crippen LogP contribution in [0.25, 0.3) is 5.65 Å². The number of rotatable bonds is 6. The van der Waals surface area contributed by atoms with Crippen LogP contribution in [-0.2, 0) is 6.42 Å². The molecular formula is C16H18N6O2. The Morgan fingerprint density at radius 2 is 2.12 bits per heavy atom. The van der Waals surface area contributed by atoms with Crippen molar-refractivity contribution in [1.29, 1.82) is 0 Å². The van der Waals surface area contributed by atoms with Gasteiger partial charge in [-0.05, 0) is 24.5 Å². The zero-order valence-electron chi connectivity index (χ0n) is 13.2. The number of hydrogen-bond donors (Lipinski definition) is 3. The number of hydrogen-bond acceptors (Lipinski definition) is 5. The van der Waals surface area contributed by atoms with E-state index >= 15 is 0 Å². The number of para-hydroxylation sites is 1. The highest BCUT2D eigenvalue weighted by Crippen LogP contribution is 2.24. The third kappa shape index (κ3) is 3.27. The van der Waals surface area contributed by atoms with Crippen LogP contribution in [-0.4, -0.2) is 30.8 Å². The molecule has 124 valence electrons. The summed E-state index contributed by atoms with van der Waals surface area (Å²) in [6.07, 6.45) is 5.18. The second-order valence-corrected chi connectivity index (χ2v) is 5.31. The van der Waals surface area contributed by atoms with Crippen molar-refractivity contribution in [3.05, 3.63) is 42.2 Å². The molecule has 3 N–H and O–H groups in total. The Morgan fingerprint density at radius 1 is 1.29 bits per heavy atom. The van der Waals surface area contributed by atoms with E-state index in [1.54, 1.807) is 12.4 Å². The van der Waals surface area contributed by atoms with Crippen molar-refractivity contribution in [3.8, 4) is 0 Å². The van der Waals surface area contributed by atoms with Crippen molar-refractivity contribution < 1.29 is 9.90 Å². The summed E-state index contributed by atoms with van der Waals surface area (Å²) < 4.78 is 1.54. The second-order valence-electron chi connectivity index (χ2n) is 5.31. The van der Waals surface area contributed by atoms with Gasteiger partial charge in [-0.25, -0.2) is 9.78 Å². The van der Waals surface area contributed by atoms with Crippen molar-refractivity contribution in [2.24, 2.45) is 0 Å². The van der Waals surface area contributed by atoms with Crippen LogP contribution in [0.3, 0.4) is 0 Å². The SMILES string of the molecule is CCCCc1ccccc1Nc1nccn2c(NC(=O)O)nnc12. The summed E-state index contributed by atoms with van der Waals surface area (Å²) in [5.74, 6) is 0.648. The second kappa shape index (κ2) is 6.95. The molecule has 0 saturated carbocycles. The van der Waals surface area contributed by atoms with Gasteiger partial charge in [-0.1, -0.05) is 31.5 Å². The summed E-state index contributed by atoms with van der Waals surface area (Å²) in [6.45, 7) is 2.16. The zero-order chi connectivity index (χ0) is 16.9. The third-order valence-corrected chi connectivity index (χ3v) is 3.62. The van der Waals surface area contributed by atoms with Crippen LogP contribution in [0.2, 0.25) is 0 Å². The molecule has 1 aromatic carbocycles. The maximum Gasteiger partial charge on any atom is 0.411 e. The van der Waals surface area contributed by atoms with E-state index < -0.39 is 6.09 Å². The van der Waals surface area contributed by atoms with Crippen molar-refractivity contribution in [2.45, 2.75) is 26.2 Å². The van der Waals surface area contributed by atoms with E-state index in [1.807, 2.05) is 18.2 Å². The Balaban J connectivity index is 1.94. The lowest BCUT2D eigenvalue weighted by atomic mass is 10.1. The highest BCUT2D eigenvalue weighted by Gasteiger charge is 2.13. The number of anilines is 3. The summed E-state index contributed by atoms with van der Waals surface area (Å²) in [4.78, 5) is 15.1. The Hall–Kier alpha value is -3.16. The molecule has 8 heteroatoms. The summed E-state index contributed by atoms with van der Waals surface area (Å²) in [6, 6.07) is 8.04. The molecule has 0 radical (unpaired) electrons. The maximum atomic E-state index is 10.8. The van der Waals surface area contributed by atoms with Crippen LogP contribution in [0, 0.1) is 0 Å². The van der Waals surface area contributed by atoms with Gasteiger partial charge in [0.15, 0.2) is 5.82 Å². The van der Waals surface area contributed by atoms with Crippen molar-refractivity contribution in [1.82, 2.24) is 19.6 Å². The van der Waals surface area contributed by atoms with E-state index in [9.17, 15) is 4.79 Å². The molecule has 0 spiro atoms. The molecule has 8 nitrogen and oxygen atoms in total. The average molecular weight is 326 g/mol. The average Bonchev–Trinajstić information content (AvgIpc) is 2.97. The molecule has 0 aliphatic heterocycles. The molecule has 0 fully saturated rings. The molecule has 2 aromatic heterocycles. The van der Waals surface area contributed by atoms with Gasteiger partial charge in [-0.15, -0.1) is 10.2 Å². The number of unbranched alkanes of at least 4 members (excludes halogenated alkanes) is 1. The highest BCUT2D eigenvalue weighted by molar-refractivity contribution is 5.82. The van der Waals surface area contributed by atoms with Gasteiger partial charge in [-0.2, -0.15) is 0 Å². The van der Waals surface area contributed by atoms with Gasteiger partial charge < -0.3 is 10.4 Å². The Labute approximate surface area is 138 Å². The molecule has 0 aliphatic carbocycles.